The van der Waals surface area contributed by atoms with Crippen LogP contribution in [0, 0.1) is 5.41 Å². The molecule has 12 heteroatoms. The molecule has 0 unspecified atom stereocenters. The first-order valence-corrected chi connectivity index (χ1v) is 9.65. The number of aromatic amines is 1. The number of rotatable bonds is 9. The Balaban J connectivity index is 1.58. The molecule has 0 atom stereocenters. The van der Waals surface area contributed by atoms with E-state index in [1.54, 1.807) is 18.2 Å². The van der Waals surface area contributed by atoms with Crippen LogP contribution in [-0.2, 0) is 16.2 Å². The highest BCUT2D eigenvalue weighted by molar-refractivity contribution is 6.42. The molecule has 0 aliphatic carbocycles. The fourth-order valence-corrected chi connectivity index (χ4v) is 2.89. The second-order valence-electron chi connectivity index (χ2n) is 6.19. The Morgan fingerprint density at radius 3 is 2.80 bits per heavy atom. The number of anilines is 2. The minimum absolute atomic E-state index is 0.143. The van der Waals surface area contributed by atoms with Crippen LogP contribution in [0.1, 0.15) is 11.3 Å². The normalized spacial score (nSPS) is 12.7. The van der Waals surface area contributed by atoms with Gasteiger partial charge in [0.1, 0.15) is 17.6 Å². The van der Waals surface area contributed by atoms with Gasteiger partial charge in [0.15, 0.2) is 0 Å². The summed E-state index contributed by atoms with van der Waals surface area (Å²) in [7, 11) is 0. The lowest BCUT2D eigenvalue weighted by molar-refractivity contribution is -0.117. The van der Waals surface area contributed by atoms with Crippen LogP contribution >= 0.6 is 23.2 Å². The number of hydrogen-bond acceptors (Lipinski definition) is 8. The van der Waals surface area contributed by atoms with Gasteiger partial charge in [0, 0.05) is 25.8 Å². The Morgan fingerprint density at radius 2 is 2.10 bits per heavy atom. The standard InChI is InChI=1S/C18H19Cl2N7O3/c19-12-2-1-10(5-13(12)20)7-24-18-26-14(6-21)15(17(29)27-18)22-3-4-23-16(28)11-8-25-30-9-11/h1-2,5-6,9,21-22,25H,3-4,7-8H2,(H,23,28)(H2,24,26,27,29). The fourth-order valence-electron chi connectivity index (χ4n) is 2.57. The Morgan fingerprint density at radius 1 is 1.27 bits per heavy atom. The number of nitrogens with zero attached hydrogens (tertiary/aromatic N) is 1. The molecule has 10 nitrogen and oxygen atoms in total. The zero-order valence-corrected chi connectivity index (χ0v) is 17.2. The van der Waals surface area contributed by atoms with Gasteiger partial charge in [0.2, 0.25) is 5.95 Å². The van der Waals surface area contributed by atoms with Gasteiger partial charge in [-0.15, -0.1) is 0 Å². The smallest absolute Gasteiger partial charge is 0.276 e. The molecule has 6 N–H and O–H groups in total. The van der Waals surface area contributed by atoms with Crippen molar-refractivity contribution in [1.82, 2.24) is 20.8 Å². The van der Waals surface area contributed by atoms with Crippen LogP contribution in [0.15, 0.2) is 34.8 Å². The van der Waals surface area contributed by atoms with Crippen LogP contribution in [0.4, 0.5) is 11.6 Å². The third-order valence-electron chi connectivity index (χ3n) is 4.08. The molecule has 0 fully saturated rings. The highest BCUT2D eigenvalue weighted by Gasteiger charge is 2.14. The van der Waals surface area contributed by atoms with Crippen LogP contribution in [-0.4, -0.2) is 41.7 Å². The predicted molar refractivity (Wildman–Crippen MR) is 115 cm³/mol. The van der Waals surface area contributed by atoms with Crippen molar-refractivity contribution in [3.05, 3.63) is 61.7 Å². The second-order valence-corrected chi connectivity index (χ2v) is 7.00. The number of nitrogens with one attached hydrogen (secondary N) is 6. The summed E-state index contributed by atoms with van der Waals surface area (Å²) < 4.78 is 0. The van der Waals surface area contributed by atoms with Crippen molar-refractivity contribution in [3.63, 3.8) is 0 Å². The number of aromatic nitrogens is 2. The van der Waals surface area contributed by atoms with E-state index in [0.717, 1.165) is 11.8 Å². The summed E-state index contributed by atoms with van der Waals surface area (Å²) in [4.78, 5) is 35.9. The summed E-state index contributed by atoms with van der Waals surface area (Å²) in [6, 6.07) is 5.18. The number of halogens is 2. The van der Waals surface area contributed by atoms with Gasteiger partial charge in [-0.25, -0.2) is 4.98 Å². The van der Waals surface area contributed by atoms with E-state index in [1.807, 2.05) is 0 Å². The first kappa shape index (κ1) is 21.6. The average Bonchev–Trinajstić information content (AvgIpc) is 3.27. The molecule has 1 aromatic heterocycles. The molecule has 0 bridgehead atoms. The second kappa shape index (κ2) is 10.1. The van der Waals surface area contributed by atoms with Crippen molar-refractivity contribution in [2.24, 2.45) is 0 Å². The highest BCUT2D eigenvalue weighted by atomic mass is 35.5. The number of amides is 1. The van der Waals surface area contributed by atoms with E-state index < -0.39 is 5.56 Å². The van der Waals surface area contributed by atoms with Crippen molar-refractivity contribution in [1.29, 1.82) is 5.41 Å². The Kier molecular flexibility index (Phi) is 7.28. The van der Waals surface area contributed by atoms with Gasteiger partial charge in [-0.05, 0) is 17.7 Å². The van der Waals surface area contributed by atoms with Crippen molar-refractivity contribution in [2.75, 3.05) is 30.3 Å². The van der Waals surface area contributed by atoms with Gasteiger partial charge in [-0.2, -0.15) is 5.48 Å². The summed E-state index contributed by atoms with van der Waals surface area (Å²) in [5.41, 5.74) is 3.75. The molecule has 2 heterocycles. The Bertz CT molecular complexity index is 1040. The lowest BCUT2D eigenvalue weighted by atomic mass is 10.2. The van der Waals surface area contributed by atoms with E-state index in [4.69, 9.17) is 33.4 Å². The molecule has 1 aliphatic heterocycles. The summed E-state index contributed by atoms with van der Waals surface area (Å²) >= 11 is 11.9. The number of H-pyrrole nitrogens is 1. The molecule has 1 aromatic carbocycles. The van der Waals surface area contributed by atoms with Gasteiger partial charge >= 0.3 is 0 Å². The Hall–Kier alpha value is -3.08. The topological polar surface area (TPSA) is 144 Å². The molecule has 0 spiro atoms. The van der Waals surface area contributed by atoms with Crippen LogP contribution in [0.25, 0.3) is 0 Å². The number of carbonyl (C=O) groups is 1. The van der Waals surface area contributed by atoms with Crippen LogP contribution in [0.2, 0.25) is 10.0 Å². The molecular formula is C18H19Cl2N7O3. The van der Waals surface area contributed by atoms with Gasteiger partial charge in [-0.3, -0.25) is 14.6 Å². The minimum Gasteiger partial charge on any atom is -0.416 e. The van der Waals surface area contributed by atoms with Gasteiger partial charge in [-0.1, -0.05) is 29.3 Å². The summed E-state index contributed by atoms with van der Waals surface area (Å²) in [5, 5.41) is 17.0. The van der Waals surface area contributed by atoms with E-state index in [0.29, 0.717) is 28.7 Å². The summed E-state index contributed by atoms with van der Waals surface area (Å²) in [5.74, 6) is -0.0490. The van der Waals surface area contributed by atoms with Gasteiger partial charge < -0.3 is 26.2 Å². The van der Waals surface area contributed by atoms with Gasteiger partial charge in [0.05, 0.1) is 22.2 Å². The van der Waals surface area contributed by atoms with E-state index >= 15 is 0 Å². The maximum atomic E-state index is 12.4. The predicted octanol–water partition coefficient (Wildman–Crippen LogP) is 1.63. The van der Waals surface area contributed by atoms with E-state index in [-0.39, 0.29) is 36.3 Å². The monoisotopic (exact) mass is 451 g/mol. The number of hydrogen-bond donors (Lipinski definition) is 6. The summed E-state index contributed by atoms with van der Waals surface area (Å²) in [6.45, 7) is 1.22. The quantitative estimate of drug-likeness (QED) is 0.251. The molecule has 0 saturated carbocycles. The largest absolute Gasteiger partial charge is 0.416 e. The average molecular weight is 452 g/mol. The number of hydroxylamine groups is 1. The first-order valence-electron chi connectivity index (χ1n) is 8.90. The lowest BCUT2D eigenvalue weighted by Gasteiger charge is -2.11. The zero-order valence-electron chi connectivity index (χ0n) is 15.6. The molecule has 0 saturated heterocycles. The van der Waals surface area contributed by atoms with Gasteiger partial charge in [0.25, 0.3) is 11.5 Å². The minimum atomic E-state index is -0.442. The van der Waals surface area contributed by atoms with Crippen molar-refractivity contribution >= 4 is 47.0 Å². The number of carbonyl (C=O) groups excluding carboxylic acids is 1. The van der Waals surface area contributed by atoms with Crippen LogP contribution < -0.4 is 27.0 Å². The molecule has 1 amide bonds. The van der Waals surface area contributed by atoms with Crippen molar-refractivity contribution in [2.45, 2.75) is 6.54 Å². The van der Waals surface area contributed by atoms with Crippen molar-refractivity contribution < 1.29 is 9.63 Å². The number of benzene rings is 1. The van der Waals surface area contributed by atoms with Crippen LogP contribution in [0.5, 0.6) is 0 Å². The first-order chi connectivity index (χ1) is 14.5. The third-order valence-corrected chi connectivity index (χ3v) is 4.82. The van der Waals surface area contributed by atoms with Crippen molar-refractivity contribution in [3.8, 4) is 0 Å². The fraction of sp³-hybridized carbons (Fsp3) is 0.222. The molecule has 0 radical (unpaired) electrons. The molecular weight excluding hydrogens is 433 g/mol. The third kappa shape index (κ3) is 5.50. The highest BCUT2D eigenvalue weighted by Crippen LogP contribution is 2.22. The van der Waals surface area contributed by atoms with Crippen LogP contribution in [0.3, 0.4) is 0 Å². The Labute approximate surface area is 181 Å². The maximum absolute atomic E-state index is 12.4. The molecule has 1 aliphatic rings. The molecule has 158 valence electrons. The van der Waals surface area contributed by atoms with E-state index in [2.05, 4.69) is 31.4 Å². The lowest BCUT2D eigenvalue weighted by Crippen LogP contribution is -2.32. The molecule has 2 aromatic rings. The summed E-state index contributed by atoms with van der Waals surface area (Å²) in [6.07, 6.45) is 2.32. The molecule has 30 heavy (non-hydrogen) atoms. The zero-order chi connectivity index (χ0) is 21.5. The molecule has 3 rings (SSSR count). The van der Waals surface area contributed by atoms with E-state index in [9.17, 15) is 9.59 Å². The maximum Gasteiger partial charge on any atom is 0.276 e. The van der Waals surface area contributed by atoms with E-state index in [1.165, 1.54) is 6.26 Å². The SMILES string of the molecule is N=Cc1nc(NCc2ccc(Cl)c(Cl)c2)[nH]c(=O)c1NCCNC(=O)C1=CONC1.